The molecule has 1 aromatic heterocycles. The minimum absolute atomic E-state index is 0.133. The number of anilines is 1. The lowest BCUT2D eigenvalue weighted by Crippen LogP contribution is -2.14. The first kappa shape index (κ1) is 15.9. The molecule has 1 atom stereocenters. The summed E-state index contributed by atoms with van der Waals surface area (Å²) in [5, 5.41) is 9.65. The molecule has 23 heavy (non-hydrogen) atoms. The van der Waals surface area contributed by atoms with E-state index in [2.05, 4.69) is 31.4 Å². The highest BCUT2D eigenvalue weighted by atomic mass is 79.9. The zero-order chi connectivity index (χ0) is 16.6. The Kier molecular flexibility index (Phi) is 4.30. The zero-order valence-electron chi connectivity index (χ0n) is 13.2. The molecule has 1 amide bonds. The van der Waals surface area contributed by atoms with Crippen molar-refractivity contribution in [1.29, 1.82) is 0 Å². The number of rotatable bonds is 4. The molecule has 2 heterocycles. The number of hydrogen-bond acceptors (Lipinski definition) is 4. The van der Waals surface area contributed by atoms with Gasteiger partial charge < -0.3 is 14.8 Å². The molecule has 1 aliphatic heterocycles. The lowest BCUT2D eigenvalue weighted by molar-refractivity contribution is 0.102. The van der Waals surface area contributed by atoms with Crippen LogP contribution in [0.2, 0.25) is 0 Å². The predicted octanol–water partition coefficient (Wildman–Crippen LogP) is 3.46. The number of aryl methyl sites for hydroxylation is 1. The summed E-state index contributed by atoms with van der Waals surface area (Å²) in [6.45, 7) is 6.28. The van der Waals surface area contributed by atoms with Gasteiger partial charge in [-0.05, 0) is 42.8 Å². The molecule has 0 bridgehead atoms. The van der Waals surface area contributed by atoms with Gasteiger partial charge >= 0.3 is 0 Å². The number of halogens is 1. The van der Waals surface area contributed by atoms with Gasteiger partial charge in [-0.25, -0.2) is 0 Å². The van der Waals surface area contributed by atoms with Crippen LogP contribution < -0.4 is 14.8 Å². The largest absolute Gasteiger partial charge is 0.492 e. The van der Waals surface area contributed by atoms with Crippen molar-refractivity contribution in [3.8, 4) is 11.5 Å². The van der Waals surface area contributed by atoms with E-state index in [0.717, 1.165) is 23.4 Å². The van der Waals surface area contributed by atoms with Gasteiger partial charge in [0.2, 0.25) is 0 Å². The maximum absolute atomic E-state index is 12.4. The number of H-pyrrole nitrogens is 1. The minimum atomic E-state index is -0.312. The fourth-order valence-corrected chi connectivity index (χ4v) is 2.92. The molecule has 1 aliphatic rings. The van der Waals surface area contributed by atoms with Gasteiger partial charge in [0.1, 0.15) is 17.6 Å². The second-order valence-electron chi connectivity index (χ2n) is 5.49. The van der Waals surface area contributed by atoms with E-state index in [1.165, 1.54) is 0 Å². The van der Waals surface area contributed by atoms with Crippen molar-refractivity contribution in [2.24, 2.45) is 0 Å². The first-order chi connectivity index (χ1) is 11.0. The van der Waals surface area contributed by atoms with Crippen molar-refractivity contribution in [3.05, 3.63) is 33.6 Å². The van der Waals surface area contributed by atoms with Crippen molar-refractivity contribution in [2.75, 3.05) is 11.9 Å². The Labute approximate surface area is 142 Å². The Balaban J connectivity index is 1.91. The third-order valence-corrected chi connectivity index (χ3v) is 4.60. The van der Waals surface area contributed by atoms with E-state index in [9.17, 15) is 4.79 Å². The van der Waals surface area contributed by atoms with E-state index in [0.29, 0.717) is 28.2 Å². The van der Waals surface area contributed by atoms with Crippen LogP contribution in [-0.2, 0) is 6.42 Å². The van der Waals surface area contributed by atoms with Gasteiger partial charge in [0, 0.05) is 23.7 Å². The third kappa shape index (κ3) is 3.06. The summed E-state index contributed by atoms with van der Waals surface area (Å²) in [5.41, 5.74) is 2.78. The molecule has 3 rings (SSSR count). The number of amides is 1. The molecular weight excluding hydrogens is 362 g/mol. The topological polar surface area (TPSA) is 76.2 Å². The first-order valence-electron chi connectivity index (χ1n) is 7.47. The monoisotopic (exact) mass is 379 g/mol. The highest BCUT2D eigenvalue weighted by molar-refractivity contribution is 9.10. The molecule has 0 aliphatic carbocycles. The van der Waals surface area contributed by atoms with Crippen LogP contribution >= 0.6 is 15.9 Å². The minimum Gasteiger partial charge on any atom is -0.492 e. The normalized spacial score (nSPS) is 15.9. The van der Waals surface area contributed by atoms with Gasteiger partial charge in [0.25, 0.3) is 5.91 Å². The molecule has 1 unspecified atom stereocenters. The summed E-state index contributed by atoms with van der Waals surface area (Å²) in [4.78, 5) is 12.4. The third-order valence-electron chi connectivity index (χ3n) is 3.63. The van der Waals surface area contributed by atoms with Gasteiger partial charge in [-0.1, -0.05) is 0 Å². The Bertz CT molecular complexity index is 757. The van der Waals surface area contributed by atoms with E-state index in [1.54, 1.807) is 0 Å². The number of nitrogens with zero attached hydrogens (tertiary/aromatic N) is 1. The average Bonchev–Trinajstić information content (AvgIpc) is 3.02. The molecule has 2 N–H and O–H groups in total. The lowest BCUT2D eigenvalue weighted by Gasteiger charge is -2.13. The Morgan fingerprint density at radius 3 is 3.00 bits per heavy atom. The molecule has 122 valence electrons. The van der Waals surface area contributed by atoms with Gasteiger partial charge in [0.15, 0.2) is 5.69 Å². The molecule has 6 nitrogen and oxygen atoms in total. The molecule has 0 spiro atoms. The molecular formula is C16H18BrN3O3. The van der Waals surface area contributed by atoms with Crippen LogP contribution in [0.3, 0.4) is 0 Å². The smallest absolute Gasteiger partial charge is 0.277 e. The highest BCUT2D eigenvalue weighted by Gasteiger charge is 2.24. The quantitative estimate of drug-likeness (QED) is 0.852. The standard InChI is InChI=1S/C16H18BrN3O3/c1-4-22-13-6-10-5-8(2)23-12(10)7-11(13)18-16(21)15-14(17)9(3)19-20-15/h6-8H,4-5H2,1-3H3,(H,18,21)(H,19,20). The van der Waals surface area contributed by atoms with Crippen molar-refractivity contribution in [2.45, 2.75) is 33.3 Å². The number of aromatic nitrogens is 2. The van der Waals surface area contributed by atoms with Crippen molar-refractivity contribution < 1.29 is 14.3 Å². The molecule has 1 aromatic carbocycles. The van der Waals surface area contributed by atoms with E-state index < -0.39 is 0 Å². The molecule has 0 fully saturated rings. The van der Waals surface area contributed by atoms with Gasteiger partial charge in [-0.15, -0.1) is 0 Å². The summed E-state index contributed by atoms with van der Waals surface area (Å²) >= 11 is 3.36. The SMILES string of the molecule is CCOc1cc2c(cc1NC(=O)c1n[nH]c(C)c1Br)OC(C)C2. The number of carbonyl (C=O) groups is 1. The number of ether oxygens (including phenoxy) is 2. The molecule has 7 heteroatoms. The van der Waals surface area contributed by atoms with Crippen LogP contribution in [0.4, 0.5) is 5.69 Å². The number of hydrogen-bond donors (Lipinski definition) is 2. The van der Waals surface area contributed by atoms with Crippen LogP contribution in [0.1, 0.15) is 35.6 Å². The van der Waals surface area contributed by atoms with Crippen molar-refractivity contribution >= 4 is 27.5 Å². The predicted molar refractivity (Wildman–Crippen MR) is 90.4 cm³/mol. The number of aromatic amines is 1. The molecule has 0 radical (unpaired) electrons. The average molecular weight is 380 g/mol. The highest BCUT2D eigenvalue weighted by Crippen LogP contribution is 2.38. The van der Waals surface area contributed by atoms with Gasteiger partial charge in [0.05, 0.1) is 16.8 Å². The van der Waals surface area contributed by atoms with E-state index in [-0.39, 0.29) is 12.0 Å². The van der Waals surface area contributed by atoms with Crippen LogP contribution in [0.5, 0.6) is 11.5 Å². The van der Waals surface area contributed by atoms with E-state index in [4.69, 9.17) is 9.47 Å². The van der Waals surface area contributed by atoms with Crippen LogP contribution in [0.25, 0.3) is 0 Å². The fourth-order valence-electron chi connectivity index (χ4n) is 2.56. The summed E-state index contributed by atoms with van der Waals surface area (Å²) in [7, 11) is 0. The summed E-state index contributed by atoms with van der Waals surface area (Å²) in [6.07, 6.45) is 0.974. The van der Waals surface area contributed by atoms with E-state index in [1.807, 2.05) is 32.9 Å². The van der Waals surface area contributed by atoms with Crippen molar-refractivity contribution in [3.63, 3.8) is 0 Å². The second kappa shape index (κ2) is 6.23. The second-order valence-corrected chi connectivity index (χ2v) is 6.28. The zero-order valence-corrected chi connectivity index (χ0v) is 14.8. The molecule has 2 aromatic rings. The summed E-state index contributed by atoms with van der Waals surface area (Å²) < 4.78 is 12.1. The Hall–Kier alpha value is -2.02. The van der Waals surface area contributed by atoms with Crippen LogP contribution in [0.15, 0.2) is 16.6 Å². The Morgan fingerprint density at radius 1 is 1.57 bits per heavy atom. The van der Waals surface area contributed by atoms with Crippen LogP contribution in [0, 0.1) is 6.92 Å². The summed E-state index contributed by atoms with van der Waals surface area (Å²) in [6, 6.07) is 3.75. The maximum Gasteiger partial charge on any atom is 0.277 e. The Morgan fingerprint density at radius 2 is 2.35 bits per heavy atom. The number of benzene rings is 1. The van der Waals surface area contributed by atoms with Gasteiger partial charge in [-0.3, -0.25) is 9.89 Å². The fraction of sp³-hybridized carbons (Fsp3) is 0.375. The molecule has 0 saturated heterocycles. The van der Waals surface area contributed by atoms with Crippen LogP contribution in [-0.4, -0.2) is 28.8 Å². The van der Waals surface area contributed by atoms with Gasteiger partial charge in [-0.2, -0.15) is 5.10 Å². The molecule has 0 saturated carbocycles. The lowest BCUT2D eigenvalue weighted by atomic mass is 10.1. The first-order valence-corrected chi connectivity index (χ1v) is 8.27. The summed E-state index contributed by atoms with van der Waals surface area (Å²) in [5.74, 6) is 1.11. The number of fused-ring (bicyclic) bond motifs is 1. The van der Waals surface area contributed by atoms with Crippen molar-refractivity contribution in [1.82, 2.24) is 10.2 Å². The number of carbonyl (C=O) groups excluding carboxylic acids is 1. The maximum atomic E-state index is 12.4. The van der Waals surface area contributed by atoms with E-state index >= 15 is 0 Å². The number of nitrogens with one attached hydrogen (secondary N) is 2.